The predicted octanol–water partition coefficient (Wildman–Crippen LogP) is 2.01. The maximum absolute atomic E-state index is 12.2. The number of imidazole rings is 1. The Labute approximate surface area is 98.8 Å². The first kappa shape index (κ1) is 10.1. The summed E-state index contributed by atoms with van der Waals surface area (Å²) in [6, 6.07) is 16.9. The third-order valence-corrected chi connectivity index (χ3v) is 2.76. The number of rotatable bonds is 2. The van der Waals surface area contributed by atoms with Gasteiger partial charge in [-0.05, 0) is 18.2 Å². The van der Waals surface area contributed by atoms with Gasteiger partial charge in [-0.25, -0.2) is 4.98 Å². The van der Waals surface area contributed by atoms with Crippen molar-refractivity contribution in [1.29, 1.82) is 0 Å². The fraction of sp³-hybridized carbons (Fsp3) is 0.0714. The molecule has 84 valence electrons. The minimum absolute atomic E-state index is 0.470. The summed E-state index contributed by atoms with van der Waals surface area (Å²) < 4.78 is 0. The highest BCUT2D eigenvalue weighted by Crippen LogP contribution is 2.19. The Kier molecular flexibility index (Phi) is 2.38. The quantitative estimate of drug-likeness (QED) is 0.722. The highest BCUT2D eigenvalue weighted by atomic mass is 16.3. The Morgan fingerprint density at radius 2 is 1.65 bits per heavy atom. The van der Waals surface area contributed by atoms with Gasteiger partial charge in [-0.15, -0.1) is 0 Å². The molecule has 0 spiro atoms. The summed E-state index contributed by atoms with van der Waals surface area (Å²) in [6.07, 6.45) is -0.955. The molecule has 3 rings (SSSR count). The first-order valence-corrected chi connectivity index (χ1v) is 5.50. The summed E-state index contributed by atoms with van der Waals surface area (Å²) in [5.74, 6) is 0.470. The minimum atomic E-state index is -0.955. The van der Waals surface area contributed by atoms with Gasteiger partial charge in [0.1, 0.15) is 0 Å². The molecule has 1 heterocycles. The van der Waals surface area contributed by atoms with Crippen molar-refractivity contribution in [2.45, 2.75) is 6.10 Å². The van der Waals surface area contributed by atoms with Crippen LogP contribution in [0.1, 0.15) is 17.5 Å². The molecule has 17 heavy (non-hydrogen) atoms. The average Bonchev–Trinajstić information content (AvgIpc) is 2.82. The van der Waals surface area contributed by atoms with Crippen molar-refractivity contribution in [1.82, 2.24) is 9.97 Å². The smallest absolute Gasteiger partial charge is 0.0975 e. The van der Waals surface area contributed by atoms with E-state index in [0.29, 0.717) is 5.82 Å². The normalized spacial score (nSPS) is 12.8. The van der Waals surface area contributed by atoms with Crippen LogP contribution in [0.3, 0.4) is 0 Å². The Balaban J connectivity index is 2.04. The van der Waals surface area contributed by atoms with Crippen LogP contribution in [-0.4, -0.2) is 9.97 Å². The van der Waals surface area contributed by atoms with Crippen molar-refractivity contribution >= 4 is 11.0 Å². The zero-order valence-corrected chi connectivity index (χ0v) is 9.13. The van der Waals surface area contributed by atoms with Gasteiger partial charge < -0.3 is 10.1 Å². The van der Waals surface area contributed by atoms with Crippen molar-refractivity contribution in [3.05, 3.63) is 66.0 Å². The molecule has 1 unspecified atom stereocenters. The maximum atomic E-state index is 12.2. The van der Waals surface area contributed by atoms with Crippen molar-refractivity contribution in [3.63, 3.8) is 0 Å². The van der Waals surface area contributed by atoms with Crippen LogP contribution < -0.4 is 5.11 Å². The molecule has 0 bridgehead atoms. The van der Waals surface area contributed by atoms with Gasteiger partial charge in [0.2, 0.25) is 0 Å². The average molecular weight is 223 g/mol. The lowest BCUT2D eigenvalue weighted by molar-refractivity contribution is -0.413. The summed E-state index contributed by atoms with van der Waals surface area (Å²) in [4.78, 5) is 7.39. The lowest BCUT2D eigenvalue weighted by Crippen LogP contribution is -2.18. The highest BCUT2D eigenvalue weighted by Gasteiger charge is 2.06. The van der Waals surface area contributed by atoms with Crippen molar-refractivity contribution in [2.75, 3.05) is 0 Å². The molecular weight excluding hydrogens is 212 g/mol. The summed E-state index contributed by atoms with van der Waals surface area (Å²) in [7, 11) is 0. The number of aromatic amines is 1. The summed E-state index contributed by atoms with van der Waals surface area (Å²) in [6.45, 7) is 0. The lowest BCUT2D eigenvalue weighted by Gasteiger charge is -2.19. The van der Waals surface area contributed by atoms with Crippen LogP contribution in [0.15, 0.2) is 54.6 Å². The van der Waals surface area contributed by atoms with Gasteiger partial charge in [0, 0.05) is 0 Å². The molecule has 0 amide bonds. The van der Waals surface area contributed by atoms with E-state index < -0.39 is 6.10 Å². The maximum Gasteiger partial charge on any atom is 0.0975 e. The van der Waals surface area contributed by atoms with E-state index in [1.54, 1.807) is 0 Å². The monoisotopic (exact) mass is 223 g/mol. The Bertz CT molecular complexity index is 598. The van der Waals surface area contributed by atoms with Crippen molar-refractivity contribution in [2.24, 2.45) is 0 Å². The van der Waals surface area contributed by atoms with E-state index in [-0.39, 0.29) is 0 Å². The molecule has 2 aromatic carbocycles. The number of H-pyrrole nitrogens is 1. The van der Waals surface area contributed by atoms with Crippen LogP contribution in [0, 0.1) is 0 Å². The molecule has 3 heteroatoms. The van der Waals surface area contributed by atoms with Gasteiger partial charge in [0.25, 0.3) is 0 Å². The second-order valence-electron chi connectivity index (χ2n) is 3.93. The van der Waals surface area contributed by atoms with Gasteiger partial charge in [0.15, 0.2) is 0 Å². The zero-order valence-electron chi connectivity index (χ0n) is 9.13. The molecular formula is C14H11N2O-. The van der Waals surface area contributed by atoms with Crippen LogP contribution in [0.2, 0.25) is 0 Å². The molecule has 3 nitrogen and oxygen atoms in total. The molecule has 0 aliphatic carbocycles. The minimum Gasteiger partial charge on any atom is -0.843 e. The molecule has 0 radical (unpaired) electrons. The van der Waals surface area contributed by atoms with E-state index in [2.05, 4.69) is 9.97 Å². The summed E-state index contributed by atoms with van der Waals surface area (Å²) in [5.41, 5.74) is 2.46. The van der Waals surface area contributed by atoms with Gasteiger partial charge in [0.05, 0.1) is 16.9 Å². The third-order valence-electron chi connectivity index (χ3n) is 2.76. The largest absolute Gasteiger partial charge is 0.843 e. The highest BCUT2D eigenvalue weighted by molar-refractivity contribution is 5.74. The van der Waals surface area contributed by atoms with E-state index in [0.717, 1.165) is 16.6 Å². The molecule has 1 N–H and O–H groups in total. The molecule has 1 aromatic heterocycles. The number of hydrogen-bond donors (Lipinski definition) is 1. The SMILES string of the molecule is [O-]C(c1ccccc1)c1nc2ccccc2[nH]1. The number of benzene rings is 2. The van der Waals surface area contributed by atoms with Crippen LogP contribution in [-0.2, 0) is 0 Å². The molecule has 3 aromatic rings. The number of hydrogen-bond acceptors (Lipinski definition) is 2. The van der Waals surface area contributed by atoms with E-state index in [1.807, 2.05) is 54.6 Å². The van der Waals surface area contributed by atoms with Crippen molar-refractivity contribution < 1.29 is 5.11 Å². The third kappa shape index (κ3) is 1.81. The lowest BCUT2D eigenvalue weighted by atomic mass is 10.1. The van der Waals surface area contributed by atoms with Gasteiger partial charge in [-0.2, -0.15) is 0 Å². The molecule has 0 aliphatic rings. The molecule has 0 aliphatic heterocycles. The fourth-order valence-electron chi connectivity index (χ4n) is 1.88. The summed E-state index contributed by atoms with van der Waals surface area (Å²) in [5, 5.41) is 12.2. The predicted molar refractivity (Wildman–Crippen MR) is 64.4 cm³/mol. The zero-order chi connectivity index (χ0) is 11.7. The van der Waals surface area contributed by atoms with E-state index in [1.165, 1.54) is 0 Å². The topological polar surface area (TPSA) is 51.7 Å². The molecule has 0 fully saturated rings. The molecule has 0 saturated heterocycles. The Morgan fingerprint density at radius 1 is 0.941 bits per heavy atom. The van der Waals surface area contributed by atoms with Crippen molar-refractivity contribution in [3.8, 4) is 0 Å². The Morgan fingerprint density at radius 3 is 2.41 bits per heavy atom. The van der Waals surface area contributed by atoms with Crippen LogP contribution in [0.25, 0.3) is 11.0 Å². The Hall–Kier alpha value is -2.13. The van der Waals surface area contributed by atoms with Gasteiger partial charge in [-0.3, -0.25) is 0 Å². The second-order valence-corrected chi connectivity index (χ2v) is 3.93. The molecule has 1 atom stereocenters. The van der Waals surface area contributed by atoms with E-state index in [4.69, 9.17) is 0 Å². The van der Waals surface area contributed by atoms with Crippen LogP contribution in [0.5, 0.6) is 0 Å². The van der Waals surface area contributed by atoms with Gasteiger partial charge in [-0.1, -0.05) is 48.0 Å². The number of fused-ring (bicyclic) bond motifs is 1. The molecule has 0 saturated carbocycles. The van der Waals surface area contributed by atoms with E-state index >= 15 is 0 Å². The number of nitrogens with zero attached hydrogens (tertiary/aromatic N) is 1. The standard InChI is InChI=1S/C14H11N2O/c17-13(10-6-2-1-3-7-10)14-15-11-8-4-5-9-12(11)16-14/h1-9,13H,(H,15,16)/q-1. The first-order valence-electron chi connectivity index (χ1n) is 5.50. The number of para-hydroxylation sites is 2. The first-order chi connectivity index (χ1) is 8.34. The number of aromatic nitrogens is 2. The van der Waals surface area contributed by atoms with E-state index in [9.17, 15) is 5.11 Å². The number of nitrogens with one attached hydrogen (secondary N) is 1. The second kappa shape index (κ2) is 4.03. The van der Waals surface area contributed by atoms with Gasteiger partial charge >= 0.3 is 0 Å². The van der Waals surface area contributed by atoms with Crippen LogP contribution in [0.4, 0.5) is 0 Å². The fourth-order valence-corrected chi connectivity index (χ4v) is 1.88. The van der Waals surface area contributed by atoms with Crippen LogP contribution >= 0.6 is 0 Å². The summed E-state index contributed by atoms with van der Waals surface area (Å²) >= 11 is 0.